The molecule has 2 heterocycles. The first-order valence-corrected chi connectivity index (χ1v) is 9.72. The molecule has 26 heavy (non-hydrogen) atoms. The van der Waals surface area contributed by atoms with Gasteiger partial charge in [-0.15, -0.1) is 11.3 Å². The average molecular weight is 372 g/mol. The Morgan fingerprint density at radius 3 is 2.46 bits per heavy atom. The minimum absolute atomic E-state index is 0.0184. The molecule has 1 aliphatic rings. The van der Waals surface area contributed by atoms with E-state index in [1.54, 1.807) is 7.11 Å². The van der Waals surface area contributed by atoms with Crippen LogP contribution in [0.1, 0.15) is 33.6 Å². The van der Waals surface area contributed by atoms with Crippen molar-refractivity contribution in [2.75, 3.05) is 20.2 Å². The molecule has 3 rings (SSSR count). The maximum Gasteiger partial charge on any atom is 0.263 e. The normalized spacial score (nSPS) is 15.0. The largest absolute Gasteiger partial charge is 0.380 e. The molecule has 0 atom stereocenters. The molecule has 138 valence electrons. The van der Waals surface area contributed by atoms with Crippen LogP contribution in [0.2, 0.25) is 0 Å². The maximum absolute atomic E-state index is 12.4. The van der Waals surface area contributed by atoms with Crippen LogP contribution in [0, 0.1) is 5.92 Å². The second kappa shape index (κ2) is 8.96. The van der Waals surface area contributed by atoms with Crippen molar-refractivity contribution in [2.45, 2.75) is 26.0 Å². The number of nitrogens with zero attached hydrogens (tertiary/aromatic N) is 1. The minimum Gasteiger partial charge on any atom is -0.380 e. The predicted molar refractivity (Wildman–Crippen MR) is 102 cm³/mol. The fourth-order valence-corrected chi connectivity index (χ4v) is 3.85. The summed E-state index contributed by atoms with van der Waals surface area (Å²) in [5.41, 5.74) is 2.19. The van der Waals surface area contributed by atoms with Crippen LogP contribution in [0.25, 0.3) is 0 Å². The zero-order valence-corrected chi connectivity index (χ0v) is 15.8. The van der Waals surface area contributed by atoms with E-state index in [-0.39, 0.29) is 17.7 Å². The summed E-state index contributed by atoms with van der Waals surface area (Å²) in [5, 5.41) is 4.93. The molecule has 1 aliphatic heterocycles. The van der Waals surface area contributed by atoms with Gasteiger partial charge in [-0.3, -0.25) is 9.59 Å². The van der Waals surface area contributed by atoms with Gasteiger partial charge < -0.3 is 15.0 Å². The van der Waals surface area contributed by atoms with E-state index in [0.29, 0.717) is 26.2 Å². The zero-order chi connectivity index (χ0) is 18.4. The molecular formula is C20H24N2O3S. The highest BCUT2D eigenvalue weighted by molar-refractivity contribution is 7.12. The summed E-state index contributed by atoms with van der Waals surface area (Å²) >= 11 is 1.46. The van der Waals surface area contributed by atoms with Gasteiger partial charge in [0.15, 0.2) is 0 Å². The molecule has 1 fully saturated rings. The van der Waals surface area contributed by atoms with E-state index in [1.807, 2.05) is 46.7 Å². The lowest BCUT2D eigenvalue weighted by atomic mass is 9.95. The molecule has 0 saturated carbocycles. The van der Waals surface area contributed by atoms with Crippen molar-refractivity contribution in [1.29, 1.82) is 0 Å². The molecule has 6 heteroatoms. The Morgan fingerprint density at radius 2 is 1.85 bits per heavy atom. The van der Waals surface area contributed by atoms with Gasteiger partial charge in [-0.2, -0.15) is 0 Å². The summed E-state index contributed by atoms with van der Waals surface area (Å²) in [4.78, 5) is 27.4. The van der Waals surface area contributed by atoms with Gasteiger partial charge in [-0.1, -0.05) is 30.3 Å². The number of carbonyl (C=O) groups is 2. The summed E-state index contributed by atoms with van der Waals surface area (Å²) < 4.78 is 5.10. The van der Waals surface area contributed by atoms with E-state index < -0.39 is 0 Å². The van der Waals surface area contributed by atoms with E-state index in [2.05, 4.69) is 5.32 Å². The monoisotopic (exact) mass is 372 g/mol. The molecule has 0 unspecified atom stereocenters. The Bertz CT molecular complexity index is 720. The molecule has 2 aromatic rings. The second-order valence-corrected chi connectivity index (χ2v) is 7.46. The Labute approximate surface area is 158 Å². The van der Waals surface area contributed by atoms with Crippen LogP contribution in [-0.2, 0) is 22.7 Å². The second-order valence-electron chi connectivity index (χ2n) is 6.51. The SMILES string of the molecule is COCc1ccc(CNC(=O)C2CCN(C(=O)c3cccs3)CC2)cc1. The van der Waals surface area contributed by atoms with Crippen LogP contribution < -0.4 is 5.32 Å². The van der Waals surface area contributed by atoms with Gasteiger partial charge >= 0.3 is 0 Å². The quantitative estimate of drug-likeness (QED) is 0.848. The van der Waals surface area contributed by atoms with Gasteiger partial charge in [0.25, 0.3) is 5.91 Å². The highest BCUT2D eigenvalue weighted by Gasteiger charge is 2.27. The number of likely N-dealkylation sites (tertiary alicyclic amines) is 1. The van der Waals surface area contributed by atoms with Crippen LogP contribution in [-0.4, -0.2) is 36.9 Å². The molecule has 1 saturated heterocycles. The summed E-state index contributed by atoms with van der Waals surface area (Å²) in [5.74, 6) is 0.138. The lowest BCUT2D eigenvalue weighted by molar-refractivity contribution is -0.126. The molecule has 1 N–H and O–H groups in total. The topological polar surface area (TPSA) is 58.6 Å². The lowest BCUT2D eigenvalue weighted by Crippen LogP contribution is -2.42. The minimum atomic E-state index is -0.0184. The Balaban J connectivity index is 1.44. The number of amides is 2. The predicted octanol–water partition coefficient (Wildman–Crippen LogP) is 3.06. The highest BCUT2D eigenvalue weighted by Crippen LogP contribution is 2.21. The Kier molecular flexibility index (Phi) is 6.41. The van der Waals surface area contributed by atoms with Gasteiger partial charge in [0.05, 0.1) is 11.5 Å². The zero-order valence-electron chi connectivity index (χ0n) is 14.9. The van der Waals surface area contributed by atoms with Crippen molar-refractivity contribution < 1.29 is 14.3 Å². The molecule has 5 nitrogen and oxygen atoms in total. The van der Waals surface area contributed by atoms with E-state index in [4.69, 9.17) is 4.74 Å². The molecule has 0 bridgehead atoms. The van der Waals surface area contributed by atoms with Gasteiger partial charge in [-0.05, 0) is 35.4 Å². The van der Waals surface area contributed by atoms with Crippen LogP contribution >= 0.6 is 11.3 Å². The summed E-state index contributed by atoms with van der Waals surface area (Å²) in [6.45, 7) is 2.40. The number of hydrogen-bond donors (Lipinski definition) is 1. The van der Waals surface area contributed by atoms with Crippen molar-refractivity contribution >= 4 is 23.2 Å². The number of carbonyl (C=O) groups excluding carboxylic acids is 2. The average Bonchev–Trinajstić information content (AvgIpc) is 3.22. The number of rotatable bonds is 6. The number of piperidine rings is 1. The van der Waals surface area contributed by atoms with Gasteiger partial charge in [-0.25, -0.2) is 0 Å². The number of hydrogen-bond acceptors (Lipinski definition) is 4. The molecule has 1 aromatic carbocycles. The third kappa shape index (κ3) is 4.71. The summed E-state index contributed by atoms with van der Waals surface area (Å²) in [6, 6.07) is 11.8. The molecule has 2 amide bonds. The Hall–Kier alpha value is -2.18. The lowest BCUT2D eigenvalue weighted by Gasteiger charge is -2.31. The Morgan fingerprint density at radius 1 is 1.15 bits per heavy atom. The van der Waals surface area contributed by atoms with Crippen molar-refractivity contribution in [3.05, 3.63) is 57.8 Å². The van der Waals surface area contributed by atoms with Crippen molar-refractivity contribution in [3.63, 3.8) is 0 Å². The van der Waals surface area contributed by atoms with Crippen LogP contribution in [0.5, 0.6) is 0 Å². The molecular weight excluding hydrogens is 348 g/mol. The fourth-order valence-electron chi connectivity index (χ4n) is 3.15. The van der Waals surface area contributed by atoms with Crippen LogP contribution in [0.15, 0.2) is 41.8 Å². The number of ether oxygens (including phenoxy) is 1. The smallest absolute Gasteiger partial charge is 0.263 e. The maximum atomic E-state index is 12.4. The van der Waals surface area contributed by atoms with E-state index in [0.717, 1.165) is 28.8 Å². The third-order valence-corrected chi connectivity index (χ3v) is 5.54. The first-order valence-electron chi connectivity index (χ1n) is 8.84. The summed E-state index contributed by atoms with van der Waals surface area (Å²) in [6.07, 6.45) is 1.44. The molecule has 0 aliphatic carbocycles. The van der Waals surface area contributed by atoms with Gasteiger partial charge in [0.2, 0.25) is 5.91 Å². The third-order valence-electron chi connectivity index (χ3n) is 4.69. The van der Waals surface area contributed by atoms with E-state index in [1.165, 1.54) is 11.3 Å². The van der Waals surface area contributed by atoms with E-state index >= 15 is 0 Å². The number of thiophene rings is 1. The van der Waals surface area contributed by atoms with Crippen molar-refractivity contribution in [2.24, 2.45) is 5.92 Å². The first-order chi connectivity index (χ1) is 12.7. The van der Waals surface area contributed by atoms with E-state index in [9.17, 15) is 9.59 Å². The fraction of sp³-hybridized carbons (Fsp3) is 0.400. The molecule has 0 spiro atoms. The van der Waals surface area contributed by atoms with Crippen molar-refractivity contribution in [3.8, 4) is 0 Å². The van der Waals surface area contributed by atoms with Crippen LogP contribution in [0.3, 0.4) is 0 Å². The molecule has 0 radical (unpaired) electrons. The van der Waals surface area contributed by atoms with Gasteiger partial charge in [0.1, 0.15) is 0 Å². The van der Waals surface area contributed by atoms with Gasteiger partial charge in [0, 0.05) is 32.7 Å². The number of methoxy groups -OCH3 is 1. The standard InChI is InChI=1S/C20H24N2O3S/c1-25-14-16-6-4-15(5-7-16)13-21-19(23)17-8-10-22(11-9-17)20(24)18-3-2-12-26-18/h2-7,12,17H,8-11,13-14H2,1H3,(H,21,23). The number of benzene rings is 1. The number of nitrogens with one attached hydrogen (secondary N) is 1. The highest BCUT2D eigenvalue weighted by atomic mass is 32.1. The van der Waals surface area contributed by atoms with Crippen LogP contribution in [0.4, 0.5) is 0 Å². The summed E-state index contributed by atoms with van der Waals surface area (Å²) in [7, 11) is 1.67. The first kappa shape index (κ1) is 18.6. The molecule has 1 aromatic heterocycles. The van der Waals surface area contributed by atoms with Crippen molar-refractivity contribution in [1.82, 2.24) is 10.2 Å².